The Kier molecular flexibility index (Phi) is 3.86. The molecular formula is C16H16N4O3S. The lowest BCUT2D eigenvalue weighted by Crippen LogP contribution is -2.16. The smallest absolute Gasteiger partial charge is 0.257 e. The van der Waals surface area contributed by atoms with E-state index in [9.17, 15) is 13.2 Å². The topological polar surface area (TPSA) is 118 Å². The number of carbonyl (C=O) groups excluding carboxylic acids is 1. The Morgan fingerprint density at radius 2 is 2.00 bits per heavy atom. The molecule has 3 rings (SSSR count). The largest absolute Gasteiger partial charge is 0.322 e. The van der Waals surface area contributed by atoms with Crippen LogP contribution < -0.4 is 10.5 Å². The number of nitrogens with two attached hydrogens (primary N) is 1. The second-order valence-corrected chi connectivity index (χ2v) is 7.11. The van der Waals surface area contributed by atoms with Gasteiger partial charge in [0, 0.05) is 11.1 Å². The summed E-state index contributed by atoms with van der Waals surface area (Å²) in [5, 5.41) is 15.5. The molecule has 3 aromatic rings. The van der Waals surface area contributed by atoms with Crippen LogP contribution in [0, 0.1) is 13.8 Å². The summed E-state index contributed by atoms with van der Waals surface area (Å²) >= 11 is 0. The minimum atomic E-state index is -3.86. The van der Waals surface area contributed by atoms with E-state index in [0.717, 1.165) is 16.5 Å². The first-order valence-corrected chi connectivity index (χ1v) is 8.69. The molecule has 0 unspecified atom stereocenters. The highest BCUT2D eigenvalue weighted by Crippen LogP contribution is 2.25. The van der Waals surface area contributed by atoms with Gasteiger partial charge in [0.1, 0.15) is 0 Å². The molecule has 0 spiro atoms. The zero-order valence-corrected chi connectivity index (χ0v) is 13.9. The van der Waals surface area contributed by atoms with Crippen molar-refractivity contribution in [1.82, 2.24) is 10.2 Å². The van der Waals surface area contributed by atoms with Gasteiger partial charge in [-0.2, -0.15) is 5.10 Å². The molecule has 4 N–H and O–H groups in total. The molecule has 7 nitrogen and oxygen atoms in total. The van der Waals surface area contributed by atoms with Crippen molar-refractivity contribution in [2.75, 3.05) is 5.32 Å². The molecule has 0 aliphatic heterocycles. The Bertz CT molecular complexity index is 1050. The molecule has 2 aromatic carbocycles. The molecule has 0 aliphatic rings. The number of anilines is 1. The molecule has 1 aromatic heterocycles. The molecule has 0 saturated carbocycles. The second-order valence-electron chi connectivity index (χ2n) is 5.55. The van der Waals surface area contributed by atoms with Gasteiger partial charge in [0.2, 0.25) is 10.0 Å². The van der Waals surface area contributed by atoms with Gasteiger partial charge in [-0.05, 0) is 43.2 Å². The van der Waals surface area contributed by atoms with Crippen molar-refractivity contribution in [3.63, 3.8) is 0 Å². The molecule has 0 atom stereocenters. The maximum absolute atomic E-state index is 12.6. The van der Waals surface area contributed by atoms with Gasteiger partial charge in [-0.1, -0.05) is 12.1 Å². The summed E-state index contributed by atoms with van der Waals surface area (Å²) in [4.78, 5) is 12.6. The maximum atomic E-state index is 12.6. The highest BCUT2D eigenvalue weighted by molar-refractivity contribution is 7.89. The van der Waals surface area contributed by atoms with Gasteiger partial charge < -0.3 is 5.32 Å². The lowest BCUT2D eigenvalue weighted by Gasteiger charge is -2.13. The monoisotopic (exact) mass is 344 g/mol. The summed E-state index contributed by atoms with van der Waals surface area (Å²) in [5.74, 6) is -0.362. The number of amides is 1. The molecule has 0 aliphatic carbocycles. The van der Waals surface area contributed by atoms with Crippen LogP contribution in [0.1, 0.15) is 21.5 Å². The van der Waals surface area contributed by atoms with E-state index >= 15 is 0 Å². The first-order chi connectivity index (χ1) is 11.3. The molecule has 0 bridgehead atoms. The number of fused-ring (bicyclic) bond motifs is 1. The van der Waals surface area contributed by atoms with Gasteiger partial charge in [0.15, 0.2) is 0 Å². The number of aromatic nitrogens is 2. The SMILES string of the molecule is Cc1cc(S(N)(=O)=O)cc(NC(=O)c2cccc3cn[nH]c23)c1C. The number of sulfonamides is 1. The number of carbonyl (C=O) groups is 1. The van der Waals surface area contributed by atoms with Crippen LogP contribution in [0.25, 0.3) is 10.9 Å². The zero-order valence-electron chi connectivity index (χ0n) is 13.1. The molecule has 1 amide bonds. The fourth-order valence-electron chi connectivity index (χ4n) is 2.47. The first-order valence-electron chi connectivity index (χ1n) is 7.15. The maximum Gasteiger partial charge on any atom is 0.257 e. The van der Waals surface area contributed by atoms with E-state index in [1.165, 1.54) is 12.1 Å². The number of benzene rings is 2. The minimum absolute atomic E-state index is 0.0411. The van der Waals surface area contributed by atoms with Crippen molar-refractivity contribution in [3.8, 4) is 0 Å². The standard InChI is InChI=1S/C16H16N4O3S/c1-9-6-12(24(17,22)23)7-14(10(9)2)19-16(21)13-5-3-4-11-8-18-20-15(11)13/h3-8H,1-2H3,(H,18,20)(H,19,21)(H2,17,22,23). The zero-order chi connectivity index (χ0) is 17.5. The van der Waals surface area contributed by atoms with Crippen LogP contribution in [0.4, 0.5) is 5.69 Å². The number of para-hydroxylation sites is 1. The van der Waals surface area contributed by atoms with E-state index in [0.29, 0.717) is 16.8 Å². The Morgan fingerprint density at radius 3 is 2.71 bits per heavy atom. The number of H-pyrrole nitrogens is 1. The third-order valence-corrected chi connectivity index (χ3v) is 4.83. The number of nitrogens with zero attached hydrogens (tertiary/aromatic N) is 1. The number of aromatic amines is 1. The van der Waals surface area contributed by atoms with Crippen LogP contribution in [0.2, 0.25) is 0 Å². The van der Waals surface area contributed by atoms with Gasteiger partial charge in [-0.15, -0.1) is 0 Å². The predicted molar refractivity (Wildman–Crippen MR) is 91.3 cm³/mol. The Morgan fingerprint density at radius 1 is 1.25 bits per heavy atom. The van der Waals surface area contributed by atoms with E-state index in [-0.39, 0.29) is 10.8 Å². The number of hydrogen-bond donors (Lipinski definition) is 3. The fraction of sp³-hybridized carbons (Fsp3) is 0.125. The summed E-state index contributed by atoms with van der Waals surface area (Å²) in [6.07, 6.45) is 1.63. The molecule has 8 heteroatoms. The molecule has 1 heterocycles. The minimum Gasteiger partial charge on any atom is -0.322 e. The van der Waals surface area contributed by atoms with Crippen molar-refractivity contribution in [2.24, 2.45) is 5.14 Å². The quantitative estimate of drug-likeness (QED) is 0.674. The van der Waals surface area contributed by atoms with Crippen LogP contribution in [0.15, 0.2) is 41.4 Å². The molecule has 0 radical (unpaired) electrons. The van der Waals surface area contributed by atoms with Crippen molar-refractivity contribution in [1.29, 1.82) is 0 Å². The Balaban J connectivity index is 2.03. The molecule has 0 fully saturated rings. The second kappa shape index (κ2) is 5.73. The molecule has 124 valence electrons. The van der Waals surface area contributed by atoms with Crippen molar-refractivity contribution in [2.45, 2.75) is 18.7 Å². The van der Waals surface area contributed by atoms with Gasteiger partial charge in [-0.25, -0.2) is 13.6 Å². The van der Waals surface area contributed by atoms with E-state index in [4.69, 9.17) is 5.14 Å². The normalized spacial score (nSPS) is 11.6. The van der Waals surface area contributed by atoms with E-state index in [1.807, 2.05) is 6.07 Å². The first kappa shape index (κ1) is 16.2. The predicted octanol–water partition coefficient (Wildman–Crippen LogP) is 2.08. The lowest BCUT2D eigenvalue weighted by atomic mass is 10.1. The number of hydrogen-bond acceptors (Lipinski definition) is 4. The van der Waals surface area contributed by atoms with Crippen molar-refractivity contribution >= 4 is 32.5 Å². The third kappa shape index (κ3) is 2.89. The summed E-state index contributed by atoms with van der Waals surface area (Å²) in [5.41, 5.74) is 2.93. The van der Waals surface area contributed by atoms with Gasteiger partial charge in [0.05, 0.1) is 22.2 Å². The average Bonchev–Trinajstić information content (AvgIpc) is 2.98. The molecule has 0 saturated heterocycles. The van der Waals surface area contributed by atoms with Gasteiger partial charge >= 0.3 is 0 Å². The van der Waals surface area contributed by atoms with E-state index < -0.39 is 10.0 Å². The highest BCUT2D eigenvalue weighted by Gasteiger charge is 2.16. The Hall–Kier alpha value is -2.71. The molecular weight excluding hydrogens is 328 g/mol. The summed E-state index contributed by atoms with van der Waals surface area (Å²) in [6.45, 7) is 3.56. The van der Waals surface area contributed by atoms with Crippen LogP contribution in [0.5, 0.6) is 0 Å². The summed E-state index contributed by atoms with van der Waals surface area (Å²) in [7, 11) is -3.86. The lowest BCUT2D eigenvalue weighted by molar-refractivity contribution is 0.102. The fourth-order valence-corrected chi connectivity index (χ4v) is 3.09. The summed E-state index contributed by atoms with van der Waals surface area (Å²) < 4.78 is 23.2. The third-order valence-electron chi connectivity index (χ3n) is 3.94. The van der Waals surface area contributed by atoms with E-state index in [2.05, 4.69) is 15.5 Å². The van der Waals surface area contributed by atoms with Gasteiger partial charge in [0.25, 0.3) is 5.91 Å². The molecule has 24 heavy (non-hydrogen) atoms. The van der Waals surface area contributed by atoms with Gasteiger partial charge in [-0.3, -0.25) is 9.89 Å². The van der Waals surface area contributed by atoms with Crippen molar-refractivity contribution in [3.05, 3.63) is 53.2 Å². The van der Waals surface area contributed by atoms with Crippen LogP contribution in [-0.2, 0) is 10.0 Å². The number of aryl methyl sites for hydroxylation is 1. The average molecular weight is 344 g/mol. The van der Waals surface area contributed by atoms with E-state index in [1.54, 1.807) is 32.2 Å². The number of rotatable bonds is 3. The number of primary sulfonamides is 1. The Labute approximate surface area is 138 Å². The summed E-state index contributed by atoms with van der Waals surface area (Å²) in [6, 6.07) is 8.11. The van der Waals surface area contributed by atoms with Crippen LogP contribution in [-0.4, -0.2) is 24.5 Å². The van der Waals surface area contributed by atoms with Crippen LogP contribution >= 0.6 is 0 Å². The number of nitrogens with one attached hydrogen (secondary N) is 2. The highest BCUT2D eigenvalue weighted by atomic mass is 32.2. The van der Waals surface area contributed by atoms with Crippen molar-refractivity contribution < 1.29 is 13.2 Å². The van der Waals surface area contributed by atoms with Crippen LogP contribution in [0.3, 0.4) is 0 Å².